The van der Waals surface area contributed by atoms with E-state index < -0.39 is 0 Å². The lowest BCUT2D eigenvalue weighted by molar-refractivity contribution is 0.370. The fraction of sp³-hybridized carbons (Fsp3) is 0.526. The Morgan fingerprint density at radius 3 is 2.96 bits per heavy atom. The van der Waals surface area contributed by atoms with Crippen molar-refractivity contribution in [1.82, 2.24) is 15.2 Å². The lowest BCUT2D eigenvalue weighted by atomic mass is 9.93. The van der Waals surface area contributed by atoms with Crippen LogP contribution in [0, 0.1) is 11.2 Å². The monoisotopic (exact) mass is 330 g/mol. The number of H-pyrrole nitrogens is 1. The van der Waals surface area contributed by atoms with Gasteiger partial charge in [0.05, 0.1) is 0 Å². The topological polar surface area (TPSA) is 43.4 Å². The van der Waals surface area contributed by atoms with Gasteiger partial charge in [0.1, 0.15) is 5.82 Å². The fourth-order valence-corrected chi connectivity index (χ4v) is 3.36. The van der Waals surface area contributed by atoms with Crippen LogP contribution in [-0.2, 0) is 6.42 Å². The summed E-state index contributed by atoms with van der Waals surface area (Å²) in [5.74, 6) is 0.800. The zero-order valence-corrected chi connectivity index (χ0v) is 14.8. The third-order valence-corrected chi connectivity index (χ3v) is 4.68. The van der Waals surface area contributed by atoms with Gasteiger partial charge in [-0.1, -0.05) is 13.8 Å². The molecule has 1 fully saturated rings. The highest BCUT2D eigenvalue weighted by molar-refractivity contribution is 5.83. The molecule has 1 saturated heterocycles. The Morgan fingerprint density at radius 1 is 1.42 bits per heavy atom. The number of nitrogens with one attached hydrogen (secondary N) is 2. The molecule has 1 aliphatic heterocycles. The molecule has 4 nitrogen and oxygen atoms in total. The highest BCUT2D eigenvalue weighted by atomic mass is 19.1. The van der Waals surface area contributed by atoms with E-state index in [-0.39, 0.29) is 5.82 Å². The molecule has 0 atom stereocenters. The quantitative estimate of drug-likeness (QED) is 0.665. The number of likely N-dealkylation sites (tertiary alicyclic amines) is 1. The minimum absolute atomic E-state index is 0.195. The number of nitrogens with zero attached hydrogens (tertiary/aromatic N) is 2. The van der Waals surface area contributed by atoms with Crippen LogP contribution in [0.2, 0.25) is 0 Å². The maximum Gasteiger partial charge on any atom is 0.193 e. The summed E-state index contributed by atoms with van der Waals surface area (Å²) in [4.78, 5) is 10.3. The van der Waals surface area contributed by atoms with Crippen molar-refractivity contribution in [1.29, 1.82) is 0 Å². The van der Waals surface area contributed by atoms with Gasteiger partial charge in [0.25, 0.3) is 0 Å². The Hall–Kier alpha value is -2.04. The number of fused-ring (bicyclic) bond motifs is 1. The molecule has 24 heavy (non-hydrogen) atoms. The standard InChI is InChI=1S/C19H27FN4/c1-4-21-18(24-10-8-19(2,3)13-24)22-9-7-14-12-23-17-6-5-15(20)11-16(14)17/h5-6,11-12,23H,4,7-10,13H2,1-3H3,(H,21,22). The second kappa shape index (κ2) is 6.83. The molecule has 2 heterocycles. The van der Waals surface area contributed by atoms with Gasteiger partial charge in [0, 0.05) is 43.3 Å². The van der Waals surface area contributed by atoms with Crippen molar-refractivity contribution in [2.24, 2.45) is 10.4 Å². The SMILES string of the molecule is CCNC(=NCCc1c[nH]c2ccc(F)cc12)N1CCC(C)(C)C1. The Kier molecular flexibility index (Phi) is 4.78. The molecule has 0 amide bonds. The summed E-state index contributed by atoms with van der Waals surface area (Å²) in [7, 11) is 0. The van der Waals surface area contributed by atoms with Gasteiger partial charge in [-0.05, 0) is 48.9 Å². The lowest BCUT2D eigenvalue weighted by Gasteiger charge is -2.23. The first-order valence-electron chi connectivity index (χ1n) is 8.77. The maximum absolute atomic E-state index is 13.5. The first-order valence-corrected chi connectivity index (χ1v) is 8.77. The molecule has 1 aliphatic rings. The van der Waals surface area contributed by atoms with Gasteiger partial charge in [-0.2, -0.15) is 0 Å². The van der Waals surface area contributed by atoms with Crippen LogP contribution in [0.3, 0.4) is 0 Å². The van der Waals surface area contributed by atoms with Crippen LogP contribution in [-0.4, -0.2) is 42.0 Å². The summed E-state index contributed by atoms with van der Waals surface area (Å²) >= 11 is 0. The second-order valence-electron chi connectivity index (χ2n) is 7.33. The number of halogens is 1. The predicted octanol–water partition coefficient (Wildman–Crippen LogP) is 3.55. The Balaban J connectivity index is 1.69. The van der Waals surface area contributed by atoms with Gasteiger partial charge in [-0.15, -0.1) is 0 Å². The maximum atomic E-state index is 13.5. The van der Waals surface area contributed by atoms with Gasteiger partial charge in [0.15, 0.2) is 5.96 Å². The molecule has 1 aromatic carbocycles. The number of aliphatic imine (C=N–C) groups is 1. The number of hydrogen-bond donors (Lipinski definition) is 2. The number of guanidine groups is 1. The van der Waals surface area contributed by atoms with E-state index in [1.165, 1.54) is 12.5 Å². The zero-order chi connectivity index (χ0) is 17.2. The predicted molar refractivity (Wildman–Crippen MR) is 97.9 cm³/mol. The smallest absolute Gasteiger partial charge is 0.193 e. The van der Waals surface area contributed by atoms with E-state index in [0.29, 0.717) is 12.0 Å². The van der Waals surface area contributed by atoms with Crippen molar-refractivity contribution in [3.05, 3.63) is 35.8 Å². The summed E-state index contributed by atoms with van der Waals surface area (Å²) in [6.45, 7) is 10.4. The van der Waals surface area contributed by atoms with E-state index in [1.807, 2.05) is 6.20 Å². The van der Waals surface area contributed by atoms with Crippen LogP contribution in [0.4, 0.5) is 4.39 Å². The summed E-state index contributed by atoms with van der Waals surface area (Å²) < 4.78 is 13.5. The molecule has 0 saturated carbocycles. The van der Waals surface area contributed by atoms with E-state index in [9.17, 15) is 4.39 Å². The van der Waals surface area contributed by atoms with E-state index in [2.05, 4.69) is 36.0 Å². The van der Waals surface area contributed by atoms with Gasteiger partial charge in [0.2, 0.25) is 0 Å². The van der Waals surface area contributed by atoms with Crippen molar-refractivity contribution in [3.63, 3.8) is 0 Å². The highest BCUT2D eigenvalue weighted by Crippen LogP contribution is 2.28. The third-order valence-electron chi connectivity index (χ3n) is 4.68. The van der Waals surface area contributed by atoms with Gasteiger partial charge in [-0.3, -0.25) is 4.99 Å². The molecule has 130 valence electrons. The molecular formula is C19H27FN4. The Bertz CT molecular complexity index is 732. The molecule has 2 aromatic rings. The minimum Gasteiger partial charge on any atom is -0.361 e. The molecule has 0 spiro atoms. The van der Waals surface area contributed by atoms with Crippen LogP contribution in [0.1, 0.15) is 32.8 Å². The molecule has 5 heteroatoms. The largest absolute Gasteiger partial charge is 0.361 e. The second-order valence-corrected chi connectivity index (χ2v) is 7.33. The highest BCUT2D eigenvalue weighted by Gasteiger charge is 2.30. The summed E-state index contributed by atoms with van der Waals surface area (Å²) in [6, 6.07) is 4.87. The van der Waals surface area contributed by atoms with Crippen molar-refractivity contribution in [2.45, 2.75) is 33.6 Å². The van der Waals surface area contributed by atoms with Crippen molar-refractivity contribution in [2.75, 3.05) is 26.2 Å². The molecule has 0 radical (unpaired) electrons. The molecule has 0 bridgehead atoms. The summed E-state index contributed by atoms with van der Waals surface area (Å²) in [5, 5.41) is 4.35. The minimum atomic E-state index is -0.195. The van der Waals surface area contributed by atoms with E-state index in [1.54, 1.807) is 12.1 Å². The van der Waals surface area contributed by atoms with Gasteiger partial charge < -0.3 is 15.2 Å². The lowest BCUT2D eigenvalue weighted by Crippen LogP contribution is -2.40. The van der Waals surface area contributed by atoms with Crippen LogP contribution >= 0.6 is 0 Å². The van der Waals surface area contributed by atoms with E-state index in [0.717, 1.165) is 48.5 Å². The average Bonchev–Trinajstić information content (AvgIpc) is 3.09. The van der Waals surface area contributed by atoms with Crippen LogP contribution in [0.25, 0.3) is 10.9 Å². The molecule has 0 unspecified atom stereocenters. The first kappa shape index (κ1) is 16.8. The van der Waals surface area contributed by atoms with Gasteiger partial charge in [-0.25, -0.2) is 4.39 Å². The zero-order valence-electron chi connectivity index (χ0n) is 14.8. The number of aromatic amines is 1. The summed E-state index contributed by atoms with van der Waals surface area (Å²) in [6.07, 6.45) is 3.96. The summed E-state index contributed by atoms with van der Waals surface area (Å²) in [5.41, 5.74) is 2.44. The molecule has 1 aromatic heterocycles. The first-order chi connectivity index (χ1) is 11.5. The van der Waals surface area contributed by atoms with Gasteiger partial charge >= 0.3 is 0 Å². The van der Waals surface area contributed by atoms with Crippen LogP contribution in [0.15, 0.2) is 29.4 Å². The molecule has 3 rings (SSSR count). The van der Waals surface area contributed by atoms with Crippen molar-refractivity contribution >= 4 is 16.9 Å². The van der Waals surface area contributed by atoms with Crippen molar-refractivity contribution < 1.29 is 4.39 Å². The Morgan fingerprint density at radius 2 is 2.25 bits per heavy atom. The molecular weight excluding hydrogens is 303 g/mol. The number of rotatable bonds is 4. The van der Waals surface area contributed by atoms with E-state index in [4.69, 9.17) is 4.99 Å². The number of aromatic nitrogens is 1. The van der Waals surface area contributed by atoms with E-state index >= 15 is 0 Å². The fourth-order valence-electron chi connectivity index (χ4n) is 3.36. The Labute approximate surface area is 143 Å². The normalized spacial score (nSPS) is 17.7. The number of hydrogen-bond acceptors (Lipinski definition) is 1. The van der Waals surface area contributed by atoms with Crippen molar-refractivity contribution in [3.8, 4) is 0 Å². The van der Waals surface area contributed by atoms with Crippen LogP contribution < -0.4 is 5.32 Å². The molecule has 2 N–H and O–H groups in total. The molecule has 0 aliphatic carbocycles. The average molecular weight is 330 g/mol. The number of benzene rings is 1. The third kappa shape index (κ3) is 3.71. The van der Waals surface area contributed by atoms with Crippen LogP contribution in [0.5, 0.6) is 0 Å².